The lowest BCUT2D eigenvalue weighted by molar-refractivity contribution is -0.394. The Morgan fingerprint density at radius 3 is 2.65 bits per heavy atom. The van der Waals surface area contributed by atoms with Crippen LogP contribution >= 0.6 is 0 Å². The summed E-state index contributed by atoms with van der Waals surface area (Å²) in [6.07, 6.45) is 4.88. The summed E-state index contributed by atoms with van der Waals surface area (Å²) in [5.74, 6) is 0.247. The molecule has 2 heterocycles. The van der Waals surface area contributed by atoms with Gasteiger partial charge < -0.3 is 19.7 Å². The fourth-order valence-electron chi connectivity index (χ4n) is 4.62. The number of carbonyl (C=O) groups excluding carboxylic acids is 1. The van der Waals surface area contributed by atoms with Gasteiger partial charge >= 0.3 is 0 Å². The van der Waals surface area contributed by atoms with E-state index in [0.717, 1.165) is 38.5 Å². The Hall–Kier alpha value is -1.23. The van der Waals surface area contributed by atoms with E-state index in [1.807, 2.05) is 13.0 Å². The summed E-state index contributed by atoms with van der Waals surface area (Å²) in [5, 5.41) is 12.6. The third-order valence-electron chi connectivity index (χ3n) is 6.09. The van der Waals surface area contributed by atoms with Gasteiger partial charge in [-0.1, -0.05) is 13.3 Å². The monoisotopic (exact) mass is 367 g/mol. The molecule has 7 heteroatoms. The van der Waals surface area contributed by atoms with Gasteiger partial charge in [-0.15, -0.1) is 0 Å². The first-order chi connectivity index (χ1) is 12.5. The smallest absolute Gasteiger partial charge is 0.237 e. The summed E-state index contributed by atoms with van der Waals surface area (Å²) in [7, 11) is 0. The van der Waals surface area contributed by atoms with Gasteiger partial charge in [-0.25, -0.2) is 4.39 Å². The number of amides is 1. The van der Waals surface area contributed by atoms with Crippen LogP contribution in [0.2, 0.25) is 0 Å². The van der Waals surface area contributed by atoms with Crippen LogP contribution in [0.3, 0.4) is 0 Å². The van der Waals surface area contributed by atoms with Crippen LogP contribution in [-0.2, 0) is 14.3 Å². The van der Waals surface area contributed by atoms with Crippen molar-refractivity contribution < 1.29 is 18.7 Å². The predicted octanol–water partition coefficient (Wildman–Crippen LogP) is 2.49. The van der Waals surface area contributed by atoms with Gasteiger partial charge in [0.2, 0.25) is 5.91 Å². The van der Waals surface area contributed by atoms with E-state index in [0.29, 0.717) is 5.92 Å². The Bertz CT molecular complexity index is 539. The molecule has 1 aliphatic carbocycles. The van der Waals surface area contributed by atoms with Crippen LogP contribution in [0, 0.1) is 17.2 Å². The normalized spacial score (nSPS) is 40.1. The molecule has 1 amide bonds. The largest absolute Gasteiger partial charge is 0.324 e. The third kappa shape index (κ3) is 4.19. The molecule has 0 radical (unpaired) electrons. The molecule has 2 saturated heterocycles. The van der Waals surface area contributed by atoms with Gasteiger partial charge in [-0.05, 0) is 39.0 Å². The summed E-state index contributed by atoms with van der Waals surface area (Å²) in [5.41, 5.74) is -0.0622. The number of nitrogens with one attached hydrogen (secondary N) is 1. The van der Waals surface area contributed by atoms with Crippen LogP contribution in [0.15, 0.2) is 0 Å². The van der Waals surface area contributed by atoms with Gasteiger partial charge in [0.1, 0.15) is 12.2 Å². The molecular formula is C19H30FN3O3. The number of likely N-dealkylation sites (tertiary alicyclic amines) is 1. The van der Waals surface area contributed by atoms with Crippen molar-refractivity contribution in [1.82, 2.24) is 10.2 Å². The number of alkyl halides is 1. The van der Waals surface area contributed by atoms with E-state index in [1.165, 1.54) is 4.90 Å². The average molecular weight is 367 g/mol. The summed E-state index contributed by atoms with van der Waals surface area (Å²) in [6, 6.07) is 1.41. The lowest BCUT2D eigenvalue weighted by Gasteiger charge is -2.46. The van der Waals surface area contributed by atoms with Crippen LogP contribution in [0.4, 0.5) is 4.39 Å². The average Bonchev–Trinajstić information content (AvgIpc) is 2.99. The van der Waals surface area contributed by atoms with E-state index in [-0.39, 0.29) is 43.5 Å². The number of halogens is 1. The maximum absolute atomic E-state index is 13.6. The van der Waals surface area contributed by atoms with Crippen molar-refractivity contribution in [3.8, 4) is 6.07 Å². The molecule has 6 nitrogen and oxygen atoms in total. The summed E-state index contributed by atoms with van der Waals surface area (Å²) >= 11 is 0. The summed E-state index contributed by atoms with van der Waals surface area (Å²) < 4.78 is 24.8. The van der Waals surface area contributed by atoms with Crippen molar-refractivity contribution in [2.75, 3.05) is 13.1 Å². The number of ether oxygens (including phenoxy) is 2. The summed E-state index contributed by atoms with van der Waals surface area (Å²) in [6.45, 7) is 4.26. The van der Waals surface area contributed by atoms with Crippen LogP contribution in [0.5, 0.6) is 0 Å². The minimum Gasteiger partial charge on any atom is -0.324 e. The molecule has 3 fully saturated rings. The molecule has 2 aliphatic heterocycles. The molecule has 0 unspecified atom stereocenters. The highest BCUT2D eigenvalue weighted by molar-refractivity contribution is 5.79. The van der Waals surface area contributed by atoms with Gasteiger partial charge in [0.15, 0.2) is 12.6 Å². The standard InChI is InChI=1S/C19H30FN3O3/c1-3-6-19(7-4-14(5-8-19)18-25-13(2)26-18)22-11-17(24)23-12-15(20)9-16(23)10-21/h13-16,18,22H,3-9,11-12H2,1-2H3/t13?,14?,15-,16-,18?,19?/m0/s1. The molecule has 1 saturated carbocycles. The molecule has 0 bridgehead atoms. The maximum Gasteiger partial charge on any atom is 0.237 e. The van der Waals surface area contributed by atoms with E-state index in [2.05, 4.69) is 12.2 Å². The Morgan fingerprint density at radius 2 is 2.08 bits per heavy atom. The van der Waals surface area contributed by atoms with E-state index >= 15 is 0 Å². The number of hydrogen-bond acceptors (Lipinski definition) is 5. The van der Waals surface area contributed by atoms with Gasteiger partial charge in [0.05, 0.1) is 19.2 Å². The molecule has 3 rings (SSSR count). The number of carbonyl (C=O) groups is 1. The second-order valence-corrected chi connectivity index (χ2v) is 7.95. The number of hydrogen-bond donors (Lipinski definition) is 1. The molecule has 0 aromatic carbocycles. The maximum atomic E-state index is 13.6. The fourth-order valence-corrected chi connectivity index (χ4v) is 4.62. The Labute approximate surface area is 155 Å². The van der Waals surface area contributed by atoms with Gasteiger partial charge in [0.25, 0.3) is 0 Å². The van der Waals surface area contributed by atoms with Gasteiger partial charge in [0, 0.05) is 17.9 Å². The van der Waals surface area contributed by atoms with Gasteiger partial charge in [-0.2, -0.15) is 5.26 Å². The molecular weight excluding hydrogens is 337 g/mol. The zero-order valence-electron chi connectivity index (χ0n) is 15.7. The van der Waals surface area contributed by atoms with Crippen LogP contribution in [-0.4, -0.2) is 54.2 Å². The zero-order chi connectivity index (χ0) is 18.7. The zero-order valence-corrected chi connectivity index (χ0v) is 15.7. The number of rotatable bonds is 6. The molecule has 2 atom stereocenters. The minimum absolute atomic E-state index is 0.0378. The topological polar surface area (TPSA) is 74.6 Å². The third-order valence-corrected chi connectivity index (χ3v) is 6.09. The molecule has 0 aromatic heterocycles. The van der Waals surface area contributed by atoms with Crippen molar-refractivity contribution >= 4 is 5.91 Å². The van der Waals surface area contributed by atoms with E-state index in [4.69, 9.17) is 14.7 Å². The first-order valence-corrected chi connectivity index (χ1v) is 9.85. The van der Waals surface area contributed by atoms with Crippen molar-refractivity contribution in [1.29, 1.82) is 5.26 Å². The fraction of sp³-hybridized carbons (Fsp3) is 0.895. The first-order valence-electron chi connectivity index (χ1n) is 9.85. The minimum atomic E-state index is -1.09. The molecule has 0 aromatic rings. The van der Waals surface area contributed by atoms with Gasteiger partial charge in [-0.3, -0.25) is 4.79 Å². The van der Waals surface area contributed by atoms with Crippen molar-refractivity contribution in [2.45, 2.75) is 89.1 Å². The van der Waals surface area contributed by atoms with Crippen LogP contribution in [0.1, 0.15) is 58.8 Å². The highest BCUT2D eigenvalue weighted by atomic mass is 19.1. The SMILES string of the molecule is CCCC1(NCC(=O)N2C[C@@H](F)C[C@H]2C#N)CCC(C2OC(C)O2)CC1. The number of nitrogens with zero attached hydrogens (tertiary/aromatic N) is 2. The van der Waals surface area contributed by atoms with Crippen molar-refractivity contribution in [3.05, 3.63) is 0 Å². The van der Waals surface area contributed by atoms with Crippen LogP contribution in [0.25, 0.3) is 0 Å². The van der Waals surface area contributed by atoms with Crippen LogP contribution < -0.4 is 5.32 Å². The van der Waals surface area contributed by atoms with Crippen molar-refractivity contribution in [2.24, 2.45) is 5.92 Å². The highest BCUT2D eigenvalue weighted by Gasteiger charge is 2.42. The molecule has 26 heavy (non-hydrogen) atoms. The number of nitriles is 1. The van der Waals surface area contributed by atoms with Crippen molar-refractivity contribution in [3.63, 3.8) is 0 Å². The predicted molar refractivity (Wildman–Crippen MR) is 93.6 cm³/mol. The quantitative estimate of drug-likeness (QED) is 0.781. The molecule has 1 N–H and O–H groups in total. The second-order valence-electron chi connectivity index (χ2n) is 7.95. The van der Waals surface area contributed by atoms with E-state index < -0.39 is 12.2 Å². The molecule has 3 aliphatic rings. The molecule has 0 spiro atoms. The highest BCUT2D eigenvalue weighted by Crippen LogP contribution is 2.40. The second kappa shape index (κ2) is 8.20. The van der Waals surface area contributed by atoms with E-state index in [9.17, 15) is 9.18 Å². The Kier molecular flexibility index (Phi) is 6.16. The lowest BCUT2D eigenvalue weighted by Crippen LogP contribution is -2.54. The first kappa shape index (κ1) is 19.5. The Balaban J connectivity index is 1.52. The van der Waals surface area contributed by atoms with E-state index in [1.54, 1.807) is 0 Å². The lowest BCUT2D eigenvalue weighted by atomic mass is 9.73. The Morgan fingerprint density at radius 1 is 1.38 bits per heavy atom. The summed E-state index contributed by atoms with van der Waals surface area (Å²) in [4.78, 5) is 13.9. The molecule has 146 valence electrons.